The molecular weight excluding hydrogens is 301 g/mol. The predicted octanol–water partition coefficient (Wildman–Crippen LogP) is 4.15. The third kappa shape index (κ3) is 3.57. The summed E-state index contributed by atoms with van der Waals surface area (Å²) < 4.78 is 43.3. The van der Waals surface area contributed by atoms with E-state index in [1.165, 1.54) is 31.6 Å². The summed E-state index contributed by atoms with van der Waals surface area (Å²) in [6, 6.07) is 4.29. The summed E-state index contributed by atoms with van der Waals surface area (Å²) in [6.45, 7) is 0. The van der Waals surface area contributed by atoms with Crippen LogP contribution in [-0.4, -0.2) is 22.2 Å². The van der Waals surface area contributed by atoms with Crippen LogP contribution in [0.25, 0.3) is 5.69 Å². The van der Waals surface area contributed by atoms with Crippen molar-refractivity contribution < 1.29 is 17.9 Å². The van der Waals surface area contributed by atoms with Crippen LogP contribution in [0, 0.1) is 0 Å². The zero-order valence-corrected chi connectivity index (χ0v) is 11.2. The Morgan fingerprint density at radius 1 is 1.37 bits per heavy atom. The first-order valence-electron chi connectivity index (χ1n) is 5.03. The Morgan fingerprint density at radius 3 is 2.63 bits per heavy atom. The third-order valence-electron chi connectivity index (χ3n) is 2.21. The molecule has 0 amide bonds. The number of nitrogens with zero attached hydrogens (tertiary/aromatic N) is 2. The van der Waals surface area contributed by atoms with Crippen LogP contribution in [0.3, 0.4) is 0 Å². The number of aromatic nitrogens is 2. The maximum Gasteiger partial charge on any atom is 0.446 e. The maximum atomic E-state index is 12.3. The zero-order chi connectivity index (χ0) is 14.0. The number of halogens is 4. The van der Waals surface area contributed by atoms with Gasteiger partial charge in [-0.3, -0.25) is 0 Å². The first kappa shape index (κ1) is 14.1. The topological polar surface area (TPSA) is 27.1 Å². The molecule has 0 fully saturated rings. The lowest BCUT2D eigenvalue weighted by molar-refractivity contribution is -0.0328. The number of ether oxygens (including phenoxy) is 1. The number of methoxy groups -OCH3 is 1. The quantitative estimate of drug-likeness (QED) is 0.797. The summed E-state index contributed by atoms with van der Waals surface area (Å²) >= 11 is 5.60. The summed E-state index contributed by atoms with van der Waals surface area (Å²) in [7, 11) is 1.47. The van der Waals surface area contributed by atoms with Crippen LogP contribution < -0.4 is 4.74 Å². The van der Waals surface area contributed by atoms with Crippen molar-refractivity contribution in [2.24, 2.45) is 0 Å². The van der Waals surface area contributed by atoms with E-state index in [0.29, 0.717) is 11.6 Å². The number of benzene rings is 1. The Balaban J connectivity index is 2.28. The van der Waals surface area contributed by atoms with Crippen LogP contribution >= 0.6 is 23.4 Å². The molecule has 0 saturated carbocycles. The second-order valence-corrected chi connectivity index (χ2v) is 5.00. The summed E-state index contributed by atoms with van der Waals surface area (Å²) in [4.78, 5) is 3.90. The second-order valence-electron chi connectivity index (χ2n) is 3.49. The fourth-order valence-electron chi connectivity index (χ4n) is 1.41. The van der Waals surface area contributed by atoms with Gasteiger partial charge < -0.3 is 9.30 Å². The van der Waals surface area contributed by atoms with Gasteiger partial charge in [0.05, 0.1) is 18.3 Å². The van der Waals surface area contributed by atoms with Crippen molar-refractivity contribution in [3.05, 3.63) is 35.7 Å². The molecule has 0 saturated heterocycles. The Bertz CT molecular complexity index is 586. The van der Waals surface area contributed by atoms with E-state index in [1.807, 2.05) is 0 Å². The normalized spacial score (nSPS) is 11.6. The molecule has 0 unspecified atom stereocenters. The van der Waals surface area contributed by atoms with Gasteiger partial charge in [0.25, 0.3) is 0 Å². The molecule has 2 aromatic rings. The van der Waals surface area contributed by atoms with Crippen molar-refractivity contribution in [3.63, 3.8) is 0 Å². The highest BCUT2D eigenvalue weighted by Crippen LogP contribution is 2.40. The Morgan fingerprint density at radius 2 is 2.11 bits per heavy atom. The Hall–Kier alpha value is -1.34. The average Bonchev–Trinajstić information content (AvgIpc) is 2.79. The molecule has 1 aromatic heterocycles. The van der Waals surface area contributed by atoms with Crippen molar-refractivity contribution in [2.45, 2.75) is 10.4 Å². The second kappa shape index (κ2) is 5.34. The highest BCUT2D eigenvalue weighted by molar-refractivity contribution is 8.00. The molecule has 1 aromatic carbocycles. The Kier molecular flexibility index (Phi) is 3.96. The number of imidazole rings is 1. The fraction of sp³-hybridized carbons (Fsp3) is 0.182. The molecule has 102 valence electrons. The van der Waals surface area contributed by atoms with Gasteiger partial charge in [-0.05, 0) is 30.0 Å². The lowest BCUT2D eigenvalue weighted by Crippen LogP contribution is -1.99. The largest absolute Gasteiger partial charge is 0.480 e. The molecule has 3 nitrogen and oxygen atoms in total. The summed E-state index contributed by atoms with van der Waals surface area (Å²) in [5.41, 5.74) is -3.75. The summed E-state index contributed by atoms with van der Waals surface area (Å²) in [5, 5.41) is 0.0347. The van der Waals surface area contributed by atoms with E-state index in [9.17, 15) is 13.2 Å². The average molecular weight is 309 g/mol. The highest BCUT2D eigenvalue weighted by atomic mass is 35.5. The van der Waals surface area contributed by atoms with Gasteiger partial charge in [0.2, 0.25) is 5.88 Å². The van der Waals surface area contributed by atoms with Crippen molar-refractivity contribution in [2.75, 3.05) is 7.11 Å². The lowest BCUT2D eigenvalue weighted by Gasteiger charge is -2.09. The molecule has 0 aliphatic carbocycles. The molecule has 8 heteroatoms. The molecule has 0 bridgehead atoms. The lowest BCUT2D eigenvalue weighted by atomic mass is 10.3. The molecule has 0 aliphatic heterocycles. The number of thioether (sulfide) groups is 1. The van der Waals surface area contributed by atoms with Crippen molar-refractivity contribution >= 4 is 23.4 Å². The van der Waals surface area contributed by atoms with Gasteiger partial charge in [-0.1, -0.05) is 11.6 Å². The Labute approximate surface area is 116 Å². The molecule has 0 radical (unpaired) electrons. The monoisotopic (exact) mass is 308 g/mol. The van der Waals surface area contributed by atoms with E-state index in [0.717, 1.165) is 0 Å². The molecule has 0 N–H and O–H groups in total. The van der Waals surface area contributed by atoms with Crippen LogP contribution in [0.5, 0.6) is 5.88 Å². The van der Waals surface area contributed by atoms with E-state index >= 15 is 0 Å². The van der Waals surface area contributed by atoms with Gasteiger partial charge >= 0.3 is 5.51 Å². The molecular formula is C11H8ClF3N2OS. The molecule has 0 aliphatic rings. The van der Waals surface area contributed by atoms with Crippen molar-refractivity contribution in [3.8, 4) is 11.6 Å². The van der Waals surface area contributed by atoms with Crippen LogP contribution in [0.2, 0.25) is 5.02 Å². The number of hydrogen-bond acceptors (Lipinski definition) is 3. The third-order valence-corrected chi connectivity index (χ3v) is 3.44. The van der Waals surface area contributed by atoms with Gasteiger partial charge in [-0.15, -0.1) is 0 Å². The summed E-state index contributed by atoms with van der Waals surface area (Å²) in [5.74, 6) is 0.407. The van der Waals surface area contributed by atoms with Crippen LogP contribution in [-0.2, 0) is 0 Å². The van der Waals surface area contributed by atoms with Crippen molar-refractivity contribution in [1.29, 1.82) is 0 Å². The molecule has 1 heterocycles. The van der Waals surface area contributed by atoms with Gasteiger partial charge in [-0.2, -0.15) is 13.2 Å². The molecule has 0 spiro atoms. The highest BCUT2D eigenvalue weighted by Gasteiger charge is 2.30. The van der Waals surface area contributed by atoms with Crippen molar-refractivity contribution in [1.82, 2.24) is 9.55 Å². The van der Waals surface area contributed by atoms with Gasteiger partial charge in [0.15, 0.2) is 0 Å². The van der Waals surface area contributed by atoms with E-state index in [1.54, 1.807) is 10.8 Å². The molecule has 2 rings (SSSR count). The van der Waals surface area contributed by atoms with Crippen LogP contribution in [0.4, 0.5) is 13.2 Å². The first-order valence-corrected chi connectivity index (χ1v) is 6.22. The number of rotatable bonds is 3. The molecule has 0 atom stereocenters. The van der Waals surface area contributed by atoms with Crippen LogP contribution in [0.15, 0.2) is 35.6 Å². The molecule has 19 heavy (non-hydrogen) atoms. The minimum Gasteiger partial charge on any atom is -0.480 e. The van der Waals surface area contributed by atoms with Crippen LogP contribution in [0.1, 0.15) is 0 Å². The minimum absolute atomic E-state index is 0.0347. The zero-order valence-electron chi connectivity index (χ0n) is 9.61. The van der Waals surface area contributed by atoms with Gasteiger partial charge in [0.1, 0.15) is 6.33 Å². The number of hydrogen-bond donors (Lipinski definition) is 0. The predicted molar refractivity (Wildman–Crippen MR) is 67.0 cm³/mol. The number of alkyl halides is 3. The van der Waals surface area contributed by atoms with Gasteiger partial charge in [-0.25, -0.2) is 4.98 Å². The smallest absolute Gasteiger partial charge is 0.446 e. The van der Waals surface area contributed by atoms with E-state index < -0.39 is 5.51 Å². The summed E-state index contributed by atoms with van der Waals surface area (Å²) in [6.07, 6.45) is 3.09. The van der Waals surface area contributed by atoms with E-state index in [2.05, 4.69) is 4.98 Å². The van der Waals surface area contributed by atoms with E-state index in [-0.39, 0.29) is 21.7 Å². The van der Waals surface area contributed by atoms with E-state index in [4.69, 9.17) is 16.3 Å². The SMILES string of the molecule is COc1cn(-c2ccc(SC(F)(F)F)c(Cl)c2)cn1. The van der Waals surface area contributed by atoms with Gasteiger partial charge in [0, 0.05) is 10.6 Å². The first-order chi connectivity index (χ1) is 8.89. The standard InChI is InChI=1S/C11H8ClF3N2OS/c1-18-10-5-17(6-16-10)7-2-3-9(8(12)4-7)19-11(13,14)15/h2-6H,1H3. The maximum absolute atomic E-state index is 12.3. The fourth-order valence-corrected chi connectivity index (χ4v) is 2.24. The minimum atomic E-state index is -4.36.